The summed E-state index contributed by atoms with van der Waals surface area (Å²) in [7, 11) is 1.58. The number of ether oxygens (including phenoxy) is 1. The van der Waals surface area contributed by atoms with Crippen molar-refractivity contribution in [1.82, 2.24) is 14.8 Å². The van der Waals surface area contributed by atoms with Gasteiger partial charge in [-0.2, -0.15) is 0 Å². The molecule has 1 fully saturated rings. The lowest BCUT2D eigenvalue weighted by Crippen LogP contribution is -2.38. The number of para-hydroxylation sites is 1. The van der Waals surface area contributed by atoms with E-state index in [9.17, 15) is 9.59 Å². The van der Waals surface area contributed by atoms with Gasteiger partial charge >= 0.3 is 0 Å². The number of carbonyl (C=O) groups is 2. The first-order valence-corrected chi connectivity index (χ1v) is 9.98. The molecule has 1 aromatic heterocycles. The largest absolute Gasteiger partial charge is 0.496 e. The summed E-state index contributed by atoms with van der Waals surface area (Å²) < 4.78 is 5.50. The van der Waals surface area contributed by atoms with Gasteiger partial charge in [-0.05, 0) is 36.5 Å². The standard InChI is InChI=1S/C23H25N3O3/c1-16-9-12-25(13-10-16)21-20(18-7-3-4-8-19(18)29-2)22(27)26(23(21)28)15-17-6-5-11-24-14-17/h3-8,11,14,16H,9-10,12-13,15H2,1-2H3. The van der Waals surface area contributed by atoms with Crippen molar-refractivity contribution in [2.75, 3.05) is 20.2 Å². The maximum Gasteiger partial charge on any atom is 0.278 e. The van der Waals surface area contributed by atoms with Gasteiger partial charge in [-0.3, -0.25) is 19.5 Å². The number of amides is 2. The highest BCUT2D eigenvalue weighted by Gasteiger charge is 2.42. The summed E-state index contributed by atoms with van der Waals surface area (Å²) in [5, 5.41) is 0. The van der Waals surface area contributed by atoms with Gasteiger partial charge in [0.15, 0.2) is 0 Å². The molecule has 3 heterocycles. The van der Waals surface area contributed by atoms with Crippen molar-refractivity contribution in [3.63, 3.8) is 0 Å². The van der Waals surface area contributed by atoms with Crippen LogP contribution in [0.2, 0.25) is 0 Å². The first-order chi connectivity index (χ1) is 14.1. The van der Waals surface area contributed by atoms with Crippen LogP contribution in [0.5, 0.6) is 5.75 Å². The molecular weight excluding hydrogens is 366 g/mol. The maximum absolute atomic E-state index is 13.5. The smallest absolute Gasteiger partial charge is 0.278 e. The van der Waals surface area contributed by atoms with E-state index in [0.717, 1.165) is 31.5 Å². The van der Waals surface area contributed by atoms with Crippen LogP contribution in [0, 0.1) is 5.92 Å². The predicted octanol–water partition coefficient (Wildman–Crippen LogP) is 3.10. The zero-order valence-electron chi connectivity index (χ0n) is 16.8. The van der Waals surface area contributed by atoms with Crippen LogP contribution >= 0.6 is 0 Å². The highest BCUT2D eigenvalue weighted by Crippen LogP contribution is 2.37. The highest BCUT2D eigenvalue weighted by molar-refractivity contribution is 6.35. The molecule has 2 amide bonds. The Hall–Kier alpha value is -3.15. The number of hydrogen-bond acceptors (Lipinski definition) is 5. The Morgan fingerprint density at radius 2 is 1.83 bits per heavy atom. The van der Waals surface area contributed by atoms with Gasteiger partial charge in [-0.25, -0.2) is 0 Å². The molecule has 0 aliphatic carbocycles. The third-order valence-corrected chi connectivity index (χ3v) is 5.68. The monoisotopic (exact) mass is 391 g/mol. The SMILES string of the molecule is COc1ccccc1C1=C(N2CCC(C)CC2)C(=O)N(Cc2cccnc2)C1=O. The van der Waals surface area contributed by atoms with Crippen LogP contribution in [0.1, 0.15) is 30.9 Å². The van der Waals surface area contributed by atoms with Crippen LogP contribution < -0.4 is 4.74 Å². The van der Waals surface area contributed by atoms with Crippen molar-refractivity contribution >= 4 is 17.4 Å². The van der Waals surface area contributed by atoms with E-state index in [0.29, 0.717) is 28.5 Å². The average Bonchev–Trinajstić information content (AvgIpc) is 2.99. The first kappa shape index (κ1) is 19.2. The molecule has 6 nitrogen and oxygen atoms in total. The number of benzene rings is 1. The molecule has 2 aliphatic rings. The number of rotatable bonds is 5. The fraction of sp³-hybridized carbons (Fsp3) is 0.348. The second-order valence-electron chi connectivity index (χ2n) is 7.65. The van der Waals surface area contributed by atoms with E-state index in [1.165, 1.54) is 4.90 Å². The molecule has 29 heavy (non-hydrogen) atoms. The Labute approximate surface area is 170 Å². The molecule has 1 saturated heterocycles. The molecule has 0 radical (unpaired) electrons. The van der Waals surface area contributed by atoms with Crippen LogP contribution in [-0.2, 0) is 16.1 Å². The summed E-state index contributed by atoms with van der Waals surface area (Å²) in [6.45, 7) is 3.98. The molecule has 0 saturated carbocycles. The fourth-order valence-corrected chi connectivity index (χ4v) is 4.00. The lowest BCUT2D eigenvalue weighted by molar-refractivity contribution is -0.138. The quantitative estimate of drug-likeness (QED) is 0.733. The van der Waals surface area contributed by atoms with Crippen molar-refractivity contribution < 1.29 is 14.3 Å². The average molecular weight is 391 g/mol. The zero-order valence-corrected chi connectivity index (χ0v) is 16.8. The predicted molar refractivity (Wildman–Crippen MR) is 110 cm³/mol. The number of piperidine rings is 1. The number of hydrogen-bond donors (Lipinski definition) is 0. The Morgan fingerprint density at radius 1 is 1.07 bits per heavy atom. The van der Waals surface area contributed by atoms with Crippen LogP contribution in [0.25, 0.3) is 5.57 Å². The minimum atomic E-state index is -0.281. The third kappa shape index (κ3) is 3.62. The van der Waals surface area contributed by atoms with Crippen molar-refractivity contribution in [2.45, 2.75) is 26.3 Å². The molecule has 0 N–H and O–H groups in total. The van der Waals surface area contributed by atoms with Crippen molar-refractivity contribution in [3.8, 4) is 5.75 Å². The molecule has 2 aliphatic heterocycles. The van der Waals surface area contributed by atoms with E-state index in [1.54, 1.807) is 19.5 Å². The Bertz CT molecular complexity index is 947. The van der Waals surface area contributed by atoms with E-state index < -0.39 is 0 Å². The minimum absolute atomic E-state index is 0.206. The zero-order chi connectivity index (χ0) is 20.4. The van der Waals surface area contributed by atoms with E-state index in [2.05, 4.69) is 16.8 Å². The Kier molecular flexibility index (Phi) is 5.34. The summed E-state index contributed by atoms with van der Waals surface area (Å²) in [6, 6.07) is 11.1. The van der Waals surface area contributed by atoms with Crippen molar-refractivity contribution in [2.24, 2.45) is 5.92 Å². The molecule has 2 aromatic rings. The number of pyridine rings is 1. The normalized spacial score (nSPS) is 18.0. The van der Waals surface area contributed by atoms with Gasteiger partial charge < -0.3 is 9.64 Å². The molecule has 0 unspecified atom stereocenters. The molecule has 6 heteroatoms. The third-order valence-electron chi connectivity index (χ3n) is 5.68. The van der Waals surface area contributed by atoms with Crippen LogP contribution in [0.4, 0.5) is 0 Å². The van der Waals surface area contributed by atoms with E-state index in [1.807, 2.05) is 36.4 Å². The van der Waals surface area contributed by atoms with Crippen LogP contribution in [0.15, 0.2) is 54.5 Å². The summed E-state index contributed by atoms with van der Waals surface area (Å²) in [5.41, 5.74) is 2.42. The molecule has 0 atom stereocenters. The summed E-state index contributed by atoms with van der Waals surface area (Å²) in [4.78, 5) is 34.4. The van der Waals surface area contributed by atoms with Crippen LogP contribution in [-0.4, -0.2) is 46.8 Å². The summed E-state index contributed by atoms with van der Waals surface area (Å²) in [5.74, 6) is 0.696. The van der Waals surface area contributed by atoms with Gasteiger partial charge in [-0.15, -0.1) is 0 Å². The summed E-state index contributed by atoms with van der Waals surface area (Å²) >= 11 is 0. The highest BCUT2D eigenvalue weighted by atomic mass is 16.5. The molecule has 1 aromatic carbocycles. The molecule has 0 bridgehead atoms. The van der Waals surface area contributed by atoms with Gasteiger partial charge in [0.25, 0.3) is 11.8 Å². The lowest BCUT2D eigenvalue weighted by Gasteiger charge is -2.32. The fourth-order valence-electron chi connectivity index (χ4n) is 4.00. The molecular formula is C23H25N3O3. The topological polar surface area (TPSA) is 62.7 Å². The molecule has 4 rings (SSSR count). The van der Waals surface area contributed by atoms with Gasteiger partial charge in [0.1, 0.15) is 11.4 Å². The van der Waals surface area contributed by atoms with Gasteiger partial charge in [0.05, 0.1) is 19.2 Å². The second kappa shape index (κ2) is 8.07. The van der Waals surface area contributed by atoms with E-state index in [-0.39, 0.29) is 18.4 Å². The second-order valence-corrected chi connectivity index (χ2v) is 7.65. The Balaban J connectivity index is 1.77. The number of nitrogens with zero attached hydrogens (tertiary/aromatic N) is 3. The van der Waals surface area contributed by atoms with Crippen molar-refractivity contribution in [3.05, 3.63) is 65.6 Å². The number of aromatic nitrogens is 1. The molecule has 0 spiro atoms. The number of imide groups is 1. The van der Waals surface area contributed by atoms with Crippen LogP contribution in [0.3, 0.4) is 0 Å². The van der Waals surface area contributed by atoms with Gasteiger partial charge in [0.2, 0.25) is 0 Å². The van der Waals surface area contributed by atoms with E-state index in [4.69, 9.17) is 4.74 Å². The number of carbonyl (C=O) groups excluding carboxylic acids is 2. The summed E-state index contributed by atoms with van der Waals surface area (Å²) in [6.07, 6.45) is 5.37. The van der Waals surface area contributed by atoms with Gasteiger partial charge in [0, 0.05) is 31.0 Å². The number of likely N-dealkylation sites (tertiary alicyclic amines) is 1. The maximum atomic E-state index is 13.5. The first-order valence-electron chi connectivity index (χ1n) is 9.98. The van der Waals surface area contributed by atoms with Crippen molar-refractivity contribution in [1.29, 1.82) is 0 Å². The van der Waals surface area contributed by atoms with Gasteiger partial charge in [-0.1, -0.05) is 31.2 Å². The lowest BCUT2D eigenvalue weighted by atomic mass is 9.97. The minimum Gasteiger partial charge on any atom is -0.496 e. The number of methoxy groups -OCH3 is 1. The Morgan fingerprint density at radius 3 is 2.52 bits per heavy atom. The van der Waals surface area contributed by atoms with E-state index >= 15 is 0 Å². The molecule has 150 valence electrons.